The summed E-state index contributed by atoms with van der Waals surface area (Å²) in [7, 11) is -3.46. The quantitative estimate of drug-likeness (QED) is 0.660. The standard InChI is InChI=1S/C8H15F3N2O3S/c1-2-3-6-17(15,16)13-5-4-12-7(14)8(9,10)11/h13H,2-6H2,1H3,(H,12,14). The summed E-state index contributed by atoms with van der Waals surface area (Å²) in [4.78, 5) is 10.3. The molecule has 0 saturated carbocycles. The Morgan fingerprint density at radius 3 is 2.29 bits per heavy atom. The first-order valence-corrected chi connectivity index (χ1v) is 6.66. The maximum Gasteiger partial charge on any atom is 0.471 e. The van der Waals surface area contributed by atoms with Crippen LogP contribution in [0.3, 0.4) is 0 Å². The van der Waals surface area contributed by atoms with Gasteiger partial charge in [0.25, 0.3) is 0 Å². The van der Waals surface area contributed by atoms with Crippen molar-refractivity contribution in [1.29, 1.82) is 0 Å². The fourth-order valence-corrected chi connectivity index (χ4v) is 2.12. The number of unbranched alkanes of at least 4 members (excludes halogenated alkanes) is 1. The molecule has 0 aliphatic heterocycles. The van der Waals surface area contributed by atoms with Crippen LogP contribution in [0.25, 0.3) is 0 Å². The van der Waals surface area contributed by atoms with Crippen LogP contribution < -0.4 is 10.0 Å². The first-order chi connectivity index (χ1) is 7.69. The van der Waals surface area contributed by atoms with E-state index in [1.165, 1.54) is 0 Å². The number of halogens is 3. The molecule has 0 atom stereocenters. The summed E-state index contributed by atoms with van der Waals surface area (Å²) < 4.78 is 59.6. The van der Waals surface area contributed by atoms with Gasteiger partial charge in [0.15, 0.2) is 0 Å². The Morgan fingerprint density at radius 1 is 1.24 bits per heavy atom. The molecule has 17 heavy (non-hydrogen) atoms. The van der Waals surface area contributed by atoms with Crippen molar-refractivity contribution in [2.45, 2.75) is 25.9 Å². The minimum atomic E-state index is -4.94. The third kappa shape index (κ3) is 7.97. The fourth-order valence-electron chi connectivity index (χ4n) is 0.889. The van der Waals surface area contributed by atoms with Gasteiger partial charge < -0.3 is 5.32 Å². The summed E-state index contributed by atoms with van der Waals surface area (Å²) in [5, 5.41) is 1.56. The van der Waals surface area contributed by atoms with Gasteiger partial charge in [0.1, 0.15) is 0 Å². The predicted octanol–water partition coefficient (Wildman–Crippen LogP) is 0.384. The molecule has 5 nitrogen and oxygen atoms in total. The number of nitrogens with one attached hydrogen (secondary N) is 2. The van der Waals surface area contributed by atoms with Gasteiger partial charge >= 0.3 is 12.1 Å². The molecule has 0 fully saturated rings. The van der Waals surface area contributed by atoms with Gasteiger partial charge in [-0.05, 0) is 6.42 Å². The zero-order chi connectivity index (χ0) is 13.5. The zero-order valence-corrected chi connectivity index (χ0v) is 10.1. The van der Waals surface area contributed by atoms with Crippen molar-refractivity contribution in [3.63, 3.8) is 0 Å². The Hall–Kier alpha value is -0.830. The molecule has 0 heterocycles. The molecule has 102 valence electrons. The first-order valence-electron chi connectivity index (χ1n) is 5.01. The van der Waals surface area contributed by atoms with E-state index in [4.69, 9.17) is 0 Å². The van der Waals surface area contributed by atoms with E-state index >= 15 is 0 Å². The van der Waals surface area contributed by atoms with Crippen molar-refractivity contribution in [3.8, 4) is 0 Å². The Balaban J connectivity index is 3.82. The highest BCUT2D eigenvalue weighted by atomic mass is 32.2. The van der Waals surface area contributed by atoms with Crippen LogP contribution in [0.1, 0.15) is 19.8 Å². The van der Waals surface area contributed by atoms with E-state index in [9.17, 15) is 26.4 Å². The van der Waals surface area contributed by atoms with Gasteiger partial charge in [0, 0.05) is 13.1 Å². The number of sulfonamides is 1. The Labute approximate surface area is 97.8 Å². The van der Waals surface area contributed by atoms with Crippen LogP contribution in [0, 0.1) is 0 Å². The van der Waals surface area contributed by atoms with Crippen molar-refractivity contribution in [2.75, 3.05) is 18.8 Å². The molecule has 0 aromatic heterocycles. The summed E-state index contributed by atoms with van der Waals surface area (Å²) in [5.74, 6) is -2.15. The minimum Gasteiger partial charge on any atom is -0.347 e. The Bertz CT molecular complexity index is 340. The van der Waals surface area contributed by atoms with Crippen LogP contribution in [-0.4, -0.2) is 39.3 Å². The summed E-state index contributed by atoms with van der Waals surface area (Å²) in [6, 6.07) is 0. The lowest BCUT2D eigenvalue weighted by Crippen LogP contribution is -2.41. The number of amides is 1. The van der Waals surface area contributed by atoms with Gasteiger partial charge in [-0.1, -0.05) is 13.3 Å². The van der Waals surface area contributed by atoms with E-state index in [0.29, 0.717) is 12.8 Å². The molecule has 0 rings (SSSR count). The highest BCUT2D eigenvalue weighted by Gasteiger charge is 2.38. The normalized spacial score (nSPS) is 12.5. The minimum absolute atomic E-state index is 0.0727. The maximum atomic E-state index is 11.7. The van der Waals surface area contributed by atoms with Gasteiger partial charge in [-0.2, -0.15) is 13.2 Å². The SMILES string of the molecule is CCCCS(=O)(=O)NCCNC(=O)C(F)(F)F. The summed E-state index contributed by atoms with van der Waals surface area (Å²) in [6.07, 6.45) is -3.77. The van der Waals surface area contributed by atoms with E-state index in [1.54, 1.807) is 5.32 Å². The predicted molar refractivity (Wildman–Crippen MR) is 55.8 cm³/mol. The summed E-state index contributed by atoms with van der Waals surface area (Å²) in [5.41, 5.74) is 0. The summed E-state index contributed by atoms with van der Waals surface area (Å²) in [6.45, 7) is 1.16. The molecule has 0 saturated heterocycles. The average molecular weight is 276 g/mol. The van der Waals surface area contributed by atoms with Gasteiger partial charge in [-0.25, -0.2) is 13.1 Å². The Morgan fingerprint density at radius 2 is 1.82 bits per heavy atom. The number of hydrogen-bond donors (Lipinski definition) is 2. The zero-order valence-electron chi connectivity index (χ0n) is 9.30. The number of hydrogen-bond acceptors (Lipinski definition) is 3. The highest BCUT2D eigenvalue weighted by Crippen LogP contribution is 2.13. The van der Waals surface area contributed by atoms with E-state index in [1.807, 2.05) is 6.92 Å². The molecular formula is C8H15F3N2O3S. The van der Waals surface area contributed by atoms with Gasteiger partial charge in [-0.15, -0.1) is 0 Å². The van der Waals surface area contributed by atoms with E-state index in [2.05, 4.69) is 4.72 Å². The lowest BCUT2D eigenvalue weighted by molar-refractivity contribution is -0.173. The van der Waals surface area contributed by atoms with Gasteiger partial charge in [0.2, 0.25) is 10.0 Å². The topological polar surface area (TPSA) is 75.3 Å². The second-order valence-electron chi connectivity index (χ2n) is 3.32. The average Bonchev–Trinajstić information content (AvgIpc) is 2.20. The van der Waals surface area contributed by atoms with Crippen molar-refractivity contribution in [1.82, 2.24) is 10.0 Å². The lowest BCUT2D eigenvalue weighted by Gasteiger charge is -2.09. The van der Waals surface area contributed by atoms with Crippen molar-refractivity contribution in [3.05, 3.63) is 0 Å². The first kappa shape index (κ1) is 16.2. The second kappa shape index (κ2) is 6.80. The van der Waals surface area contributed by atoms with E-state index in [-0.39, 0.29) is 12.3 Å². The number of carbonyl (C=O) groups is 1. The number of carbonyl (C=O) groups excluding carboxylic acids is 1. The number of alkyl halides is 3. The molecule has 0 aliphatic carbocycles. The highest BCUT2D eigenvalue weighted by molar-refractivity contribution is 7.89. The molecule has 9 heteroatoms. The molecule has 0 bridgehead atoms. The van der Waals surface area contributed by atoms with Crippen LogP contribution in [0.2, 0.25) is 0 Å². The molecule has 0 aromatic carbocycles. The van der Waals surface area contributed by atoms with Gasteiger partial charge in [0.05, 0.1) is 5.75 Å². The maximum absolute atomic E-state index is 11.7. The van der Waals surface area contributed by atoms with Crippen molar-refractivity contribution < 1.29 is 26.4 Å². The van der Waals surface area contributed by atoms with Crippen LogP contribution in [0.4, 0.5) is 13.2 Å². The van der Waals surface area contributed by atoms with Crippen LogP contribution in [-0.2, 0) is 14.8 Å². The third-order valence-corrected chi connectivity index (χ3v) is 3.23. The molecule has 0 aliphatic rings. The molecule has 1 amide bonds. The third-order valence-electron chi connectivity index (χ3n) is 1.76. The molecule has 0 unspecified atom stereocenters. The van der Waals surface area contributed by atoms with Crippen LogP contribution in [0.5, 0.6) is 0 Å². The van der Waals surface area contributed by atoms with Crippen LogP contribution in [0.15, 0.2) is 0 Å². The monoisotopic (exact) mass is 276 g/mol. The van der Waals surface area contributed by atoms with Crippen molar-refractivity contribution >= 4 is 15.9 Å². The Kier molecular flexibility index (Phi) is 6.46. The molecular weight excluding hydrogens is 261 g/mol. The van der Waals surface area contributed by atoms with E-state index < -0.39 is 28.7 Å². The van der Waals surface area contributed by atoms with E-state index in [0.717, 1.165) is 0 Å². The molecule has 0 spiro atoms. The molecule has 0 radical (unpaired) electrons. The summed E-state index contributed by atoms with van der Waals surface area (Å²) >= 11 is 0. The molecule has 2 N–H and O–H groups in total. The van der Waals surface area contributed by atoms with Gasteiger partial charge in [-0.3, -0.25) is 4.79 Å². The van der Waals surface area contributed by atoms with Crippen LogP contribution >= 0.6 is 0 Å². The smallest absolute Gasteiger partial charge is 0.347 e. The number of rotatable bonds is 7. The second-order valence-corrected chi connectivity index (χ2v) is 5.25. The van der Waals surface area contributed by atoms with Crippen molar-refractivity contribution in [2.24, 2.45) is 0 Å². The molecule has 0 aromatic rings. The fraction of sp³-hybridized carbons (Fsp3) is 0.875. The lowest BCUT2D eigenvalue weighted by atomic mass is 10.4. The largest absolute Gasteiger partial charge is 0.471 e.